The molecule has 6 heteroatoms. The third kappa shape index (κ3) is 2.92. The maximum atomic E-state index is 13.0. The summed E-state index contributed by atoms with van der Waals surface area (Å²) >= 11 is 0. The van der Waals surface area contributed by atoms with Gasteiger partial charge in [-0.25, -0.2) is 4.39 Å². The molecule has 1 aliphatic heterocycles. The van der Waals surface area contributed by atoms with Crippen LogP contribution in [0.15, 0.2) is 48.5 Å². The van der Waals surface area contributed by atoms with Crippen LogP contribution in [0, 0.1) is 15.9 Å². The first-order valence-electron chi connectivity index (χ1n) is 7.00. The molecule has 0 spiro atoms. The lowest BCUT2D eigenvalue weighted by Gasteiger charge is -2.34. The van der Waals surface area contributed by atoms with Gasteiger partial charge >= 0.3 is 0 Å². The summed E-state index contributed by atoms with van der Waals surface area (Å²) in [6.45, 7) is 1.55. The van der Waals surface area contributed by atoms with Crippen molar-refractivity contribution in [3.63, 3.8) is 0 Å². The zero-order chi connectivity index (χ0) is 15.5. The van der Waals surface area contributed by atoms with Crippen molar-refractivity contribution < 1.29 is 14.1 Å². The lowest BCUT2D eigenvalue weighted by Crippen LogP contribution is -2.38. The van der Waals surface area contributed by atoms with Crippen LogP contribution < -0.4 is 4.90 Å². The molecule has 0 bridgehead atoms. The third-order valence-corrected chi connectivity index (χ3v) is 3.73. The van der Waals surface area contributed by atoms with Crippen LogP contribution in [-0.2, 0) is 4.74 Å². The molecule has 1 atom stereocenters. The Morgan fingerprint density at radius 3 is 2.64 bits per heavy atom. The van der Waals surface area contributed by atoms with Crippen LogP contribution in [0.3, 0.4) is 0 Å². The molecule has 5 nitrogen and oxygen atoms in total. The molecular weight excluding hydrogens is 287 g/mol. The van der Waals surface area contributed by atoms with Gasteiger partial charge in [-0.3, -0.25) is 10.1 Å². The number of hydrogen-bond donors (Lipinski definition) is 0. The van der Waals surface area contributed by atoms with E-state index in [0.717, 1.165) is 5.56 Å². The van der Waals surface area contributed by atoms with Crippen molar-refractivity contribution in [2.24, 2.45) is 0 Å². The highest BCUT2D eigenvalue weighted by atomic mass is 19.1. The van der Waals surface area contributed by atoms with Gasteiger partial charge in [0.05, 0.1) is 11.5 Å². The number of benzene rings is 2. The molecule has 2 aromatic carbocycles. The summed E-state index contributed by atoms with van der Waals surface area (Å²) < 4.78 is 18.7. The van der Waals surface area contributed by atoms with Crippen LogP contribution in [0.2, 0.25) is 0 Å². The first kappa shape index (κ1) is 14.5. The predicted molar refractivity (Wildman–Crippen MR) is 80.4 cm³/mol. The molecule has 0 radical (unpaired) electrons. The first-order valence-corrected chi connectivity index (χ1v) is 7.00. The van der Waals surface area contributed by atoms with E-state index >= 15 is 0 Å². The van der Waals surface area contributed by atoms with Gasteiger partial charge in [0.1, 0.15) is 17.6 Å². The average Bonchev–Trinajstić information content (AvgIpc) is 2.55. The Morgan fingerprint density at radius 2 is 1.91 bits per heavy atom. The van der Waals surface area contributed by atoms with E-state index < -0.39 is 0 Å². The maximum Gasteiger partial charge on any atom is 0.292 e. The topological polar surface area (TPSA) is 55.6 Å². The van der Waals surface area contributed by atoms with Crippen molar-refractivity contribution >= 4 is 11.4 Å². The second-order valence-corrected chi connectivity index (χ2v) is 5.10. The van der Waals surface area contributed by atoms with Gasteiger partial charge in [-0.2, -0.15) is 0 Å². The number of halogens is 1. The minimum atomic E-state index is -0.377. The van der Waals surface area contributed by atoms with E-state index in [0.29, 0.717) is 25.4 Å². The number of para-hydroxylation sites is 2. The Hall–Kier alpha value is -2.47. The number of ether oxygens (including phenoxy) is 1. The van der Waals surface area contributed by atoms with E-state index in [4.69, 9.17) is 4.74 Å². The summed E-state index contributed by atoms with van der Waals surface area (Å²) in [7, 11) is 0. The fourth-order valence-electron chi connectivity index (χ4n) is 2.63. The van der Waals surface area contributed by atoms with Crippen LogP contribution in [0.1, 0.15) is 11.7 Å². The molecule has 114 valence electrons. The Bertz CT molecular complexity index is 675. The van der Waals surface area contributed by atoms with E-state index in [1.165, 1.54) is 18.2 Å². The van der Waals surface area contributed by atoms with E-state index in [1.54, 1.807) is 30.3 Å². The molecule has 1 aliphatic rings. The molecule has 0 N–H and O–H groups in total. The van der Waals surface area contributed by atoms with Gasteiger partial charge in [-0.15, -0.1) is 0 Å². The van der Waals surface area contributed by atoms with Crippen molar-refractivity contribution in [2.45, 2.75) is 6.10 Å². The van der Waals surface area contributed by atoms with Gasteiger partial charge in [0.25, 0.3) is 5.69 Å². The van der Waals surface area contributed by atoms with Crippen molar-refractivity contribution in [3.05, 3.63) is 70.0 Å². The van der Waals surface area contributed by atoms with Crippen molar-refractivity contribution in [1.82, 2.24) is 0 Å². The van der Waals surface area contributed by atoms with Crippen molar-refractivity contribution in [2.75, 3.05) is 24.6 Å². The molecule has 2 aromatic rings. The molecule has 0 saturated carbocycles. The van der Waals surface area contributed by atoms with Gasteiger partial charge in [-0.05, 0) is 23.8 Å². The third-order valence-electron chi connectivity index (χ3n) is 3.73. The SMILES string of the molecule is O=[N+]([O-])c1ccccc1N1CCO[C@H](c2ccc(F)cc2)C1. The van der Waals surface area contributed by atoms with E-state index in [9.17, 15) is 14.5 Å². The van der Waals surface area contributed by atoms with Crippen LogP contribution >= 0.6 is 0 Å². The Balaban J connectivity index is 1.84. The Morgan fingerprint density at radius 1 is 1.18 bits per heavy atom. The molecule has 0 amide bonds. The molecule has 1 heterocycles. The molecule has 0 aromatic heterocycles. The number of anilines is 1. The average molecular weight is 302 g/mol. The van der Waals surface area contributed by atoms with Crippen molar-refractivity contribution in [1.29, 1.82) is 0 Å². The molecule has 3 rings (SSSR count). The fraction of sp³-hybridized carbons (Fsp3) is 0.250. The van der Waals surface area contributed by atoms with Crippen molar-refractivity contribution in [3.8, 4) is 0 Å². The lowest BCUT2D eigenvalue weighted by molar-refractivity contribution is -0.384. The van der Waals surface area contributed by atoms with Crippen LogP contribution in [0.25, 0.3) is 0 Å². The van der Waals surface area contributed by atoms with Gasteiger partial charge < -0.3 is 9.64 Å². The normalized spacial score (nSPS) is 18.2. The number of hydrogen-bond acceptors (Lipinski definition) is 4. The van der Waals surface area contributed by atoms with Crippen LogP contribution in [0.4, 0.5) is 15.8 Å². The molecule has 1 saturated heterocycles. The van der Waals surface area contributed by atoms with Gasteiger partial charge in [0, 0.05) is 19.2 Å². The Kier molecular flexibility index (Phi) is 4.02. The molecule has 0 unspecified atom stereocenters. The fourth-order valence-corrected chi connectivity index (χ4v) is 2.63. The lowest BCUT2D eigenvalue weighted by atomic mass is 10.1. The number of morpholine rings is 1. The summed E-state index contributed by atoms with van der Waals surface area (Å²) in [5, 5.41) is 11.2. The summed E-state index contributed by atoms with van der Waals surface area (Å²) in [4.78, 5) is 12.7. The van der Waals surface area contributed by atoms with E-state index in [-0.39, 0.29) is 22.5 Å². The standard InChI is InChI=1S/C16H15FN2O3/c17-13-7-5-12(6-8-13)16-11-18(9-10-22-16)14-3-1-2-4-15(14)19(20)21/h1-8,16H,9-11H2/t16-/m0/s1. The second kappa shape index (κ2) is 6.11. The number of nitro benzene ring substituents is 1. The minimum Gasteiger partial charge on any atom is -0.370 e. The predicted octanol–water partition coefficient (Wildman–Crippen LogP) is 3.31. The van der Waals surface area contributed by atoms with Gasteiger partial charge in [-0.1, -0.05) is 24.3 Å². The molecule has 1 fully saturated rings. The summed E-state index contributed by atoms with van der Waals surface area (Å²) in [6.07, 6.45) is -0.228. The summed E-state index contributed by atoms with van der Waals surface area (Å²) in [5.74, 6) is -0.296. The highest BCUT2D eigenvalue weighted by Gasteiger charge is 2.26. The quantitative estimate of drug-likeness (QED) is 0.645. The molecule has 22 heavy (non-hydrogen) atoms. The van der Waals surface area contributed by atoms with Gasteiger partial charge in [0.15, 0.2) is 0 Å². The molecule has 0 aliphatic carbocycles. The summed E-state index contributed by atoms with van der Waals surface area (Å²) in [6, 6.07) is 12.8. The van der Waals surface area contributed by atoms with Crippen LogP contribution in [0.5, 0.6) is 0 Å². The number of rotatable bonds is 3. The number of nitrogens with zero attached hydrogens (tertiary/aromatic N) is 2. The smallest absolute Gasteiger partial charge is 0.292 e. The first-order chi connectivity index (χ1) is 10.6. The van der Waals surface area contributed by atoms with Crippen LogP contribution in [-0.4, -0.2) is 24.6 Å². The Labute approximate surface area is 127 Å². The highest BCUT2D eigenvalue weighted by molar-refractivity contribution is 5.63. The minimum absolute atomic E-state index is 0.0854. The second-order valence-electron chi connectivity index (χ2n) is 5.10. The zero-order valence-electron chi connectivity index (χ0n) is 11.8. The largest absolute Gasteiger partial charge is 0.370 e. The monoisotopic (exact) mass is 302 g/mol. The van der Waals surface area contributed by atoms with Gasteiger partial charge in [0.2, 0.25) is 0 Å². The molecular formula is C16H15FN2O3. The van der Waals surface area contributed by atoms with E-state index in [2.05, 4.69) is 0 Å². The maximum absolute atomic E-state index is 13.0. The summed E-state index contributed by atoms with van der Waals surface area (Å²) in [5.41, 5.74) is 1.54. The van der Waals surface area contributed by atoms with E-state index in [1.807, 2.05) is 4.90 Å². The number of nitro groups is 1. The highest BCUT2D eigenvalue weighted by Crippen LogP contribution is 2.32. The zero-order valence-corrected chi connectivity index (χ0v) is 11.8.